The van der Waals surface area contributed by atoms with Crippen molar-refractivity contribution in [3.8, 4) is 0 Å². The molecule has 0 spiro atoms. The lowest BCUT2D eigenvalue weighted by Gasteiger charge is -2.33. The fourth-order valence-corrected chi connectivity index (χ4v) is 2.72. The van der Waals surface area contributed by atoms with E-state index >= 15 is 0 Å². The fraction of sp³-hybridized carbons (Fsp3) is 1.00. The molecule has 0 amide bonds. The third kappa shape index (κ3) is 3.15. The first-order chi connectivity index (χ1) is 6.29. The maximum atomic E-state index is 5.77. The van der Waals surface area contributed by atoms with Crippen LogP contribution < -0.4 is 5.32 Å². The van der Waals surface area contributed by atoms with E-state index in [1.807, 2.05) is 18.8 Å². The van der Waals surface area contributed by atoms with Gasteiger partial charge in [0.15, 0.2) is 0 Å². The second-order valence-corrected chi connectivity index (χ2v) is 4.83. The molecular formula is C10H21NOS. The van der Waals surface area contributed by atoms with Crippen molar-refractivity contribution in [2.24, 2.45) is 5.92 Å². The predicted octanol–water partition coefficient (Wildman–Crippen LogP) is 1.75. The van der Waals surface area contributed by atoms with Crippen molar-refractivity contribution in [1.82, 2.24) is 5.32 Å². The van der Waals surface area contributed by atoms with Crippen LogP contribution in [0.15, 0.2) is 0 Å². The van der Waals surface area contributed by atoms with E-state index in [-0.39, 0.29) is 0 Å². The Hall–Kier alpha value is 0.270. The van der Waals surface area contributed by atoms with Crippen molar-refractivity contribution in [2.45, 2.75) is 32.4 Å². The summed E-state index contributed by atoms with van der Waals surface area (Å²) in [6.07, 6.45) is 1.63. The van der Waals surface area contributed by atoms with Crippen molar-refractivity contribution >= 4 is 11.8 Å². The van der Waals surface area contributed by atoms with Crippen molar-refractivity contribution in [3.05, 3.63) is 0 Å². The maximum Gasteiger partial charge on any atom is 0.0821 e. The molecule has 3 atom stereocenters. The summed E-state index contributed by atoms with van der Waals surface area (Å²) < 4.78 is 5.77. The Morgan fingerprint density at radius 2 is 2.38 bits per heavy atom. The van der Waals surface area contributed by atoms with Gasteiger partial charge in [-0.05, 0) is 13.0 Å². The van der Waals surface area contributed by atoms with Crippen molar-refractivity contribution in [3.63, 3.8) is 0 Å². The zero-order valence-electron chi connectivity index (χ0n) is 8.88. The van der Waals surface area contributed by atoms with E-state index in [0.29, 0.717) is 18.1 Å². The number of thioether (sulfide) groups is 1. The van der Waals surface area contributed by atoms with Crippen LogP contribution in [0.3, 0.4) is 0 Å². The molecule has 1 fully saturated rings. The summed E-state index contributed by atoms with van der Waals surface area (Å²) in [6.45, 7) is 5.46. The molecule has 2 nitrogen and oxygen atoms in total. The monoisotopic (exact) mass is 203 g/mol. The molecule has 0 saturated carbocycles. The van der Waals surface area contributed by atoms with E-state index in [0.717, 1.165) is 18.1 Å². The first-order valence-electron chi connectivity index (χ1n) is 5.16. The Morgan fingerprint density at radius 3 is 2.85 bits per heavy atom. The molecule has 78 valence electrons. The Bertz CT molecular complexity index is 137. The molecule has 0 bridgehead atoms. The SMILES string of the molecule is CCC(C)C(NC)C1CSCCO1. The Balaban J connectivity index is 2.43. The van der Waals surface area contributed by atoms with Gasteiger partial charge in [0.25, 0.3) is 0 Å². The minimum absolute atomic E-state index is 0.415. The summed E-state index contributed by atoms with van der Waals surface area (Å²) in [5, 5.41) is 3.38. The molecule has 0 aromatic carbocycles. The largest absolute Gasteiger partial charge is 0.375 e. The summed E-state index contributed by atoms with van der Waals surface area (Å²) >= 11 is 2.01. The third-order valence-corrected chi connectivity index (χ3v) is 3.85. The molecule has 1 aliphatic rings. The first kappa shape index (κ1) is 11.3. The van der Waals surface area contributed by atoms with Gasteiger partial charge < -0.3 is 10.1 Å². The van der Waals surface area contributed by atoms with Gasteiger partial charge in [-0.1, -0.05) is 20.3 Å². The minimum atomic E-state index is 0.415. The summed E-state index contributed by atoms with van der Waals surface area (Å²) in [4.78, 5) is 0. The average Bonchev–Trinajstić information content (AvgIpc) is 2.20. The van der Waals surface area contributed by atoms with Crippen LogP contribution in [0, 0.1) is 5.92 Å². The average molecular weight is 203 g/mol. The highest BCUT2D eigenvalue weighted by Crippen LogP contribution is 2.20. The fourth-order valence-electron chi connectivity index (χ4n) is 1.80. The van der Waals surface area contributed by atoms with Crippen LogP contribution in [0.2, 0.25) is 0 Å². The van der Waals surface area contributed by atoms with Crippen LogP contribution in [0.5, 0.6) is 0 Å². The highest BCUT2D eigenvalue weighted by Gasteiger charge is 2.26. The van der Waals surface area contributed by atoms with Crippen LogP contribution in [-0.2, 0) is 4.74 Å². The molecule has 1 rings (SSSR count). The van der Waals surface area contributed by atoms with E-state index in [4.69, 9.17) is 4.74 Å². The third-order valence-electron chi connectivity index (χ3n) is 2.83. The van der Waals surface area contributed by atoms with Gasteiger partial charge in [-0.2, -0.15) is 11.8 Å². The Kier molecular flexibility index (Phi) is 5.14. The lowest BCUT2D eigenvalue weighted by atomic mass is 9.95. The highest BCUT2D eigenvalue weighted by atomic mass is 32.2. The molecule has 0 aliphatic carbocycles. The maximum absolute atomic E-state index is 5.77. The van der Waals surface area contributed by atoms with E-state index in [1.54, 1.807) is 0 Å². The van der Waals surface area contributed by atoms with E-state index in [2.05, 4.69) is 19.2 Å². The first-order valence-corrected chi connectivity index (χ1v) is 6.31. The molecule has 1 saturated heterocycles. The molecule has 0 aromatic heterocycles. The predicted molar refractivity (Wildman–Crippen MR) is 59.4 cm³/mol. The van der Waals surface area contributed by atoms with E-state index in [9.17, 15) is 0 Å². The van der Waals surface area contributed by atoms with Gasteiger partial charge in [0.05, 0.1) is 12.7 Å². The summed E-state index contributed by atoms with van der Waals surface area (Å²) in [7, 11) is 2.04. The van der Waals surface area contributed by atoms with Gasteiger partial charge >= 0.3 is 0 Å². The minimum Gasteiger partial charge on any atom is -0.375 e. The lowest BCUT2D eigenvalue weighted by Crippen LogP contribution is -2.47. The van der Waals surface area contributed by atoms with E-state index < -0.39 is 0 Å². The molecule has 0 aromatic rings. The summed E-state index contributed by atoms with van der Waals surface area (Å²) in [6, 6.07) is 0.526. The van der Waals surface area contributed by atoms with Crippen LogP contribution in [0.4, 0.5) is 0 Å². The van der Waals surface area contributed by atoms with Crippen molar-refractivity contribution in [2.75, 3.05) is 25.2 Å². The number of ether oxygens (including phenoxy) is 1. The standard InChI is InChI=1S/C10H21NOS/c1-4-8(2)10(11-3)9-7-13-6-5-12-9/h8-11H,4-7H2,1-3H3. The van der Waals surface area contributed by atoms with Gasteiger partial charge in [0, 0.05) is 17.5 Å². The lowest BCUT2D eigenvalue weighted by molar-refractivity contribution is 0.0338. The second kappa shape index (κ2) is 5.89. The summed E-state index contributed by atoms with van der Waals surface area (Å²) in [5.41, 5.74) is 0. The van der Waals surface area contributed by atoms with E-state index in [1.165, 1.54) is 6.42 Å². The van der Waals surface area contributed by atoms with Crippen molar-refractivity contribution < 1.29 is 4.74 Å². The normalized spacial score (nSPS) is 28.4. The van der Waals surface area contributed by atoms with Gasteiger partial charge in [0.1, 0.15) is 0 Å². The summed E-state index contributed by atoms with van der Waals surface area (Å²) in [5.74, 6) is 3.01. The van der Waals surface area contributed by atoms with Gasteiger partial charge in [-0.15, -0.1) is 0 Å². The van der Waals surface area contributed by atoms with Crippen LogP contribution in [0.1, 0.15) is 20.3 Å². The zero-order chi connectivity index (χ0) is 9.68. The van der Waals surface area contributed by atoms with Crippen LogP contribution in [0.25, 0.3) is 0 Å². The molecule has 0 radical (unpaired) electrons. The number of rotatable bonds is 4. The highest BCUT2D eigenvalue weighted by molar-refractivity contribution is 7.99. The van der Waals surface area contributed by atoms with Crippen LogP contribution in [-0.4, -0.2) is 37.3 Å². The Labute approximate surface area is 85.8 Å². The zero-order valence-corrected chi connectivity index (χ0v) is 9.69. The van der Waals surface area contributed by atoms with Gasteiger partial charge in [0.2, 0.25) is 0 Å². The van der Waals surface area contributed by atoms with Crippen molar-refractivity contribution in [1.29, 1.82) is 0 Å². The molecule has 3 unspecified atom stereocenters. The Morgan fingerprint density at radius 1 is 1.62 bits per heavy atom. The molecule has 13 heavy (non-hydrogen) atoms. The number of nitrogens with one attached hydrogen (secondary N) is 1. The topological polar surface area (TPSA) is 21.3 Å². The van der Waals surface area contributed by atoms with Gasteiger partial charge in [-0.25, -0.2) is 0 Å². The smallest absolute Gasteiger partial charge is 0.0821 e. The number of hydrogen-bond acceptors (Lipinski definition) is 3. The molecule has 1 aliphatic heterocycles. The van der Waals surface area contributed by atoms with Crippen LogP contribution >= 0.6 is 11.8 Å². The van der Waals surface area contributed by atoms with Gasteiger partial charge in [-0.3, -0.25) is 0 Å². The number of likely N-dealkylation sites (N-methyl/N-ethyl adjacent to an activating group) is 1. The quantitative estimate of drug-likeness (QED) is 0.752. The molecule has 3 heteroatoms. The second-order valence-electron chi connectivity index (χ2n) is 3.68. The molecule has 1 heterocycles. The molecule has 1 N–H and O–H groups in total. The molecular weight excluding hydrogens is 182 g/mol. The number of hydrogen-bond donors (Lipinski definition) is 1.